The molecule has 0 bridgehead atoms. The number of rotatable bonds is 14. The molecule has 0 amide bonds. The first-order chi connectivity index (χ1) is 18.2. The van der Waals surface area contributed by atoms with E-state index in [1.165, 1.54) is 106 Å². The lowest BCUT2D eigenvalue weighted by Gasteiger charge is -2.20. The first kappa shape index (κ1) is 29.1. The van der Waals surface area contributed by atoms with Gasteiger partial charge in [-0.05, 0) is 122 Å². The molecule has 0 N–H and O–H groups in total. The maximum Gasteiger partial charge on any atom is 0.113 e. The topological polar surface area (TPSA) is 25.8 Å². The van der Waals surface area contributed by atoms with Crippen LogP contribution in [0.25, 0.3) is 33.3 Å². The van der Waals surface area contributed by atoms with Crippen molar-refractivity contribution in [3.8, 4) is 22.3 Å². The standard InChI is InChI=1S/C30H34Br2N2S3/c1-3-5-7-9-13-22-21(15-11-17-27(22)35-31)25-19-20-26-30(34-37-33-26)29(25)24-16-12-18-28(36-32)23(24)14-10-8-6-4-2/h11-12,15-20H,3-10,13-14H2,1-2H3. The average Bonchev–Trinajstić information content (AvgIpc) is 3.42. The Kier molecular flexibility index (Phi) is 11.9. The molecule has 0 fully saturated rings. The molecule has 7 heteroatoms. The van der Waals surface area contributed by atoms with Crippen molar-refractivity contribution in [2.75, 3.05) is 0 Å². The van der Waals surface area contributed by atoms with Gasteiger partial charge in [0.25, 0.3) is 0 Å². The van der Waals surface area contributed by atoms with Crippen LogP contribution < -0.4 is 0 Å². The summed E-state index contributed by atoms with van der Waals surface area (Å²) in [7, 11) is 3.35. The first-order valence-electron chi connectivity index (χ1n) is 13.3. The van der Waals surface area contributed by atoms with Crippen LogP contribution in [0.4, 0.5) is 0 Å². The van der Waals surface area contributed by atoms with E-state index in [1.54, 1.807) is 20.4 Å². The van der Waals surface area contributed by atoms with Crippen LogP contribution in [0.2, 0.25) is 0 Å². The van der Waals surface area contributed by atoms with Gasteiger partial charge in [0, 0.05) is 15.4 Å². The van der Waals surface area contributed by atoms with E-state index in [1.807, 2.05) is 0 Å². The molecule has 37 heavy (non-hydrogen) atoms. The summed E-state index contributed by atoms with van der Waals surface area (Å²) in [5.74, 6) is 0. The van der Waals surface area contributed by atoms with Crippen LogP contribution in [-0.2, 0) is 12.8 Å². The van der Waals surface area contributed by atoms with Crippen LogP contribution in [0.3, 0.4) is 0 Å². The van der Waals surface area contributed by atoms with Gasteiger partial charge in [0.15, 0.2) is 0 Å². The van der Waals surface area contributed by atoms with Crippen molar-refractivity contribution in [2.45, 2.75) is 87.8 Å². The zero-order valence-corrected chi connectivity index (χ0v) is 27.2. The summed E-state index contributed by atoms with van der Waals surface area (Å²) in [6.45, 7) is 4.55. The fourth-order valence-electron chi connectivity index (χ4n) is 5.08. The SMILES string of the molecule is CCCCCCc1c(SBr)cccc1-c1ccc2nsnc2c1-c1cccc(SBr)c1CCCCCC. The number of hydrogen-bond acceptors (Lipinski definition) is 5. The number of unbranched alkanes of at least 4 members (excludes halogenated alkanes) is 6. The molecule has 1 heterocycles. The van der Waals surface area contributed by atoms with Crippen molar-refractivity contribution in [2.24, 2.45) is 0 Å². The van der Waals surface area contributed by atoms with Crippen LogP contribution in [-0.4, -0.2) is 8.75 Å². The van der Waals surface area contributed by atoms with E-state index < -0.39 is 0 Å². The molecule has 0 unspecified atom stereocenters. The third-order valence-corrected chi connectivity index (χ3v) is 10.7. The van der Waals surface area contributed by atoms with Gasteiger partial charge in [0.2, 0.25) is 0 Å². The minimum absolute atomic E-state index is 0.980. The molecule has 0 aliphatic carbocycles. The first-order valence-corrected chi connectivity index (χ1v) is 19.3. The highest BCUT2D eigenvalue weighted by atomic mass is 79.9. The second-order valence-electron chi connectivity index (χ2n) is 9.46. The molecule has 1 aromatic heterocycles. The van der Waals surface area contributed by atoms with Gasteiger partial charge in [-0.1, -0.05) is 82.7 Å². The summed E-state index contributed by atoms with van der Waals surface area (Å²) in [6.07, 6.45) is 12.2. The Labute approximate surface area is 249 Å². The number of halogens is 2. The molecule has 0 atom stereocenters. The lowest BCUT2D eigenvalue weighted by Crippen LogP contribution is -1.99. The van der Waals surface area contributed by atoms with Gasteiger partial charge in [-0.2, -0.15) is 8.75 Å². The van der Waals surface area contributed by atoms with Crippen molar-refractivity contribution >= 4 is 72.8 Å². The number of hydrogen-bond donors (Lipinski definition) is 0. The Morgan fingerprint density at radius 3 is 1.84 bits per heavy atom. The molecule has 3 aromatic carbocycles. The van der Waals surface area contributed by atoms with Crippen LogP contribution in [0.5, 0.6) is 0 Å². The molecular formula is C30H34Br2N2S3. The predicted octanol–water partition coefficient (Wildman–Crippen LogP) is 12.1. The van der Waals surface area contributed by atoms with E-state index in [0.717, 1.165) is 23.9 Å². The highest BCUT2D eigenvalue weighted by molar-refractivity contribution is 9.50. The monoisotopic (exact) mass is 676 g/mol. The number of benzene rings is 3. The Hall–Kier alpha value is -0.860. The number of nitrogens with zero attached hydrogens (tertiary/aromatic N) is 2. The third-order valence-electron chi connectivity index (χ3n) is 6.98. The molecule has 0 saturated heterocycles. The maximum atomic E-state index is 4.84. The normalized spacial score (nSPS) is 11.5. The quantitative estimate of drug-likeness (QED) is 0.124. The van der Waals surface area contributed by atoms with Gasteiger partial charge < -0.3 is 0 Å². The largest absolute Gasteiger partial charge is 0.173 e. The third kappa shape index (κ3) is 7.02. The lowest BCUT2D eigenvalue weighted by atomic mass is 9.86. The zero-order valence-electron chi connectivity index (χ0n) is 21.6. The lowest BCUT2D eigenvalue weighted by molar-refractivity contribution is 0.664. The molecule has 2 nitrogen and oxygen atoms in total. The van der Waals surface area contributed by atoms with E-state index in [4.69, 9.17) is 4.37 Å². The number of aromatic nitrogens is 2. The van der Waals surface area contributed by atoms with Crippen LogP contribution in [0, 0.1) is 0 Å². The van der Waals surface area contributed by atoms with E-state index in [2.05, 4.69) is 96.4 Å². The molecule has 4 aromatic rings. The Bertz CT molecular complexity index is 1310. The van der Waals surface area contributed by atoms with Gasteiger partial charge in [-0.3, -0.25) is 0 Å². The molecule has 0 aliphatic rings. The van der Waals surface area contributed by atoms with Crippen LogP contribution >= 0.6 is 61.7 Å². The van der Waals surface area contributed by atoms with Crippen LogP contribution in [0.1, 0.15) is 76.3 Å². The fourth-order valence-corrected chi connectivity index (χ4v) is 8.32. The average molecular weight is 679 g/mol. The zero-order chi connectivity index (χ0) is 26.0. The molecule has 0 radical (unpaired) electrons. The van der Waals surface area contributed by atoms with Crippen molar-refractivity contribution in [3.05, 3.63) is 59.7 Å². The second-order valence-corrected chi connectivity index (χ2v) is 13.1. The van der Waals surface area contributed by atoms with Crippen molar-refractivity contribution in [1.29, 1.82) is 0 Å². The highest BCUT2D eigenvalue weighted by Crippen LogP contribution is 2.45. The summed E-state index contributed by atoms with van der Waals surface area (Å²) >= 11 is 8.70. The predicted molar refractivity (Wildman–Crippen MR) is 174 cm³/mol. The Balaban J connectivity index is 1.90. The van der Waals surface area contributed by atoms with Gasteiger partial charge in [0.05, 0.1) is 11.7 Å². The smallest absolute Gasteiger partial charge is 0.113 e. The highest BCUT2D eigenvalue weighted by Gasteiger charge is 2.21. The summed E-state index contributed by atoms with van der Waals surface area (Å²) in [4.78, 5) is 2.60. The second kappa shape index (κ2) is 15.1. The van der Waals surface area contributed by atoms with E-state index >= 15 is 0 Å². The van der Waals surface area contributed by atoms with Crippen molar-refractivity contribution in [3.63, 3.8) is 0 Å². The fraction of sp³-hybridized carbons (Fsp3) is 0.400. The van der Waals surface area contributed by atoms with Gasteiger partial charge >= 0.3 is 0 Å². The van der Waals surface area contributed by atoms with E-state index in [-0.39, 0.29) is 0 Å². The molecule has 196 valence electrons. The van der Waals surface area contributed by atoms with Crippen molar-refractivity contribution in [1.82, 2.24) is 8.75 Å². The van der Waals surface area contributed by atoms with Gasteiger partial charge in [-0.15, -0.1) is 0 Å². The molecule has 4 rings (SSSR count). The molecule has 0 saturated carbocycles. The van der Waals surface area contributed by atoms with Crippen LogP contribution in [0.15, 0.2) is 58.3 Å². The molecule has 0 aliphatic heterocycles. The number of fused-ring (bicyclic) bond motifs is 1. The maximum absolute atomic E-state index is 4.84. The molecular weight excluding hydrogens is 644 g/mol. The van der Waals surface area contributed by atoms with Gasteiger partial charge in [0.1, 0.15) is 11.0 Å². The minimum Gasteiger partial charge on any atom is -0.173 e. The minimum atomic E-state index is 0.980. The molecule has 0 spiro atoms. The van der Waals surface area contributed by atoms with Crippen molar-refractivity contribution < 1.29 is 0 Å². The summed E-state index contributed by atoms with van der Waals surface area (Å²) in [5, 5.41) is 0. The summed E-state index contributed by atoms with van der Waals surface area (Å²) < 4.78 is 9.47. The Morgan fingerprint density at radius 1 is 0.649 bits per heavy atom. The van der Waals surface area contributed by atoms with E-state index in [0.29, 0.717) is 0 Å². The van der Waals surface area contributed by atoms with Gasteiger partial charge in [-0.25, -0.2) is 0 Å². The van der Waals surface area contributed by atoms with E-state index in [9.17, 15) is 0 Å². The summed E-state index contributed by atoms with van der Waals surface area (Å²) in [5.41, 5.74) is 9.95. The summed E-state index contributed by atoms with van der Waals surface area (Å²) in [6, 6.07) is 17.9. The Morgan fingerprint density at radius 2 is 1.24 bits per heavy atom.